The van der Waals surface area contributed by atoms with Gasteiger partial charge in [0.25, 0.3) is 5.91 Å². The fourth-order valence-corrected chi connectivity index (χ4v) is 7.08. The molecule has 0 N–H and O–H groups in total. The number of hydrogen-bond donors (Lipinski definition) is 0. The van der Waals surface area contributed by atoms with E-state index in [0.29, 0.717) is 30.3 Å². The zero-order chi connectivity index (χ0) is 25.9. The number of benzene rings is 2. The first-order chi connectivity index (χ1) is 17.2. The third-order valence-electron chi connectivity index (χ3n) is 6.84. The monoisotopic (exact) mass is 563 g/mol. The van der Waals surface area contributed by atoms with E-state index in [4.69, 9.17) is 4.98 Å². The van der Waals surface area contributed by atoms with Gasteiger partial charge < -0.3 is 17.3 Å². The molecule has 4 rings (SSSR count). The van der Waals surface area contributed by atoms with E-state index in [-0.39, 0.29) is 23.2 Å². The lowest BCUT2D eigenvalue weighted by Gasteiger charge is -2.22. The second kappa shape index (κ2) is 12.7. The van der Waals surface area contributed by atoms with Crippen LogP contribution < -0.4 is 17.3 Å². The smallest absolute Gasteiger partial charge is 0.260 e. The van der Waals surface area contributed by atoms with Crippen LogP contribution in [0.25, 0.3) is 10.2 Å². The molecule has 0 saturated carbocycles. The highest BCUT2D eigenvalue weighted by Gasteiger charge is 2.26. The van der Waals surface area contributed by atoms with Crippen molar-refractivity contribution in [2.75, 3.05) is 45.2 Å². The van der Waals surface area contributed by atoms with E-state index >= 15 is 0 Å². The minimum Gasteiger partial charge on any atom is -1.00 e. The summed E-state index contributed by atoms with van der Waals surface area (Å²) in [5.41, 5.74) is 3.69. The van der Waals surface area contributed by atoms with E-state index in [1.807, 2.05) is 14.1 Å². The van der Waals surface area contributed by atoms with Crippen LogP contribution in [0.2, 0.25) is 0 Å². The average molecular weight is 564 g/mol. The summed E-state index contributed by atoms with van der Waals surface area (Å²) in [6.45, 7) is 6.61. The Kier molecular flexibility index (Phi) is 10.1. The standard InChI is InChI=1S/C27H36N4O3S2.ClH/c1-20-10-15-24-25(21(20)2)28-27(35-24)31(19-9-16-29(3)4)26(32)22-11-13-23(14-12-22)36(33,34)30-17-7-5-6-8-18-30;/h10-15H,5-9,16-19H2,1-4H3;1H/p-1. The summed E-state index contributed by atoms with van der Waals surface area (Å²) in [6, 6.07) is 10.5. The van der Waals surface area contributed by atoms with Crippen LogP contribution in [0.15, 0.2) is 41.3 Å². The number of carbonyl (C=O) groups is 1. The highest BCUT2D eigenvalue weighted by atomic mass is 35.5. The number of hydrogen-bond acceptors (Lipinski definition) is 6. The van der Waals surface area contributed by atoms with E-state index in [1.165, 1.54) is 16.9 Å². The number of nitrogens with zero attached hydrogens (tertiary/aromatic N) is 4. The molecule has 0 unspecified atom stereocenters. The van der Waals surface area contributed by atoms with Crippen molar-refractivity contribution in [1.82, 2.24) is 14.2 Å². The first-order valence-electron chi connectivity index (χ1n) is 12.6. The van der Waals surface area contributed by atoms with E-state index in [9.17, 15) is 13.2 Å². The van der Waals surface area contributed by atoms with Crippen LogP contribution in [-0.4, -0.2) is 68.8 Å². The van der Waals surface area contributed by atoms with Gasteiger partial charge in [-0.3, -0.25) is 9.69 Å². The first-order valence-corrected chi connectivity index (χ1v) is 14.9. The first kappa shape index (κ1) is 29.5. The van der Waals surface area contributed by atoms with E-state index in [2.05, 4.69) is 30.9 Å². The van der Waals surface area contributed by atoms with Gasteiger partial charge in [0.1, 0.15) is 0 Å². The molecule has 0 spiro atoms. The molecular formula is C27H36ClN4O3S2-. The third kappa shape index (κ3) is 6.70. The van der Waals surface area contributed by atoms with Gasteiger partial charge in [-0.15, -0.1) is 0 Å². The van der Waals surface area contributed by atoms with Crippen molar-refractivity contribution >= 4 is 42.6 Å². The van der Waals surface area contributed by atoms with Crippen molar-refractivity contribution in [3.63, 3.8) is 0 Å². The van der Waals surface area contributed by atoms with Gasteiger partial charge in [-0.05, 0) is 95.2 Å². The van der Waals surface area contributed by atoms with Crippen molar-refractivity contribution in [1.29, 1.82) is 0 Å². The summed E-state index contributed by atoms with van der Waals surface area (Å²) in [6.07, 6.45) is 4.70. The topological polar surface area (TPSA) is 73.8 Å². The predicted octanol–water partition coefficient (Wildman–Crippen LogP) is 2.08. The van der Waals surface area contributed by atoms with Gasteiger partial charge in [0.15, 0.2) is 5.13 Å². The van der Waals surface area contributed by atoms with Gasteiger partial charge in [-0.1, -0.05) is 30.2 Å². The van der Waals surface area contributed by atoms with Crippen molar-refractivity contribution in [3.05, 3.63) is 53.1 Å². The molecule has 0 aliphatic carbocycles. The van der Waals surface area contributed by atoms with Gasteiger partial charge in [0, 0.05) is 25.2 Å². The number of aryl methyl sites for hydroxylation is 2. The fraction of sp³-hybridized carbons (Fsp3) is 0.481. The molecule has 1 amide bonds. The molecule has 1 aliphatic rings. The predicted molar refractivity (Wildman–Crippen MR) is 148 cm³/mol. The Bertz CT molecular complexity index is 1320. The lowest BCUT2D eigenvalue weighted by Crippen LogP contribution is -3.00. The number of halogens is 1. The third-order valence-corrected chi connectivity index (χ3v) is 9.80. The molecule has 37 heavy (non-hydrogen) atoms. The maximum absolute atomic E-state index is 13.7. The normalized spacial score (nSPS) is 14.9. The molecule has 2 heterocycles. The van der Waals surface area contributed by atoms with Gasteiger partial charge in [0.05, 0.1) is 15.1 Å². The van der Waals surface area contributed by atoms with Crippen molar-refractivity contribution in [3.8, 4) is 0 Å². The van der Waals surface area contributed by atoms with Crippen molar-refractivity contribution in [2.45, 2.75) is 50.8 Å². The molecule has 0 bridgehead atoms. The molecule has 1 fully saturated rings. The Labute approximate surface area is 230 Å². The van der Waals surface area contributed by atoms with Crippen LogP contribution in [0.1, 0.15) is 53.6 Å². The average Bonchev–Trinajstić information content (AvgIpc) is 3.09. The lowest BCUT2D eigenvalue weighted by molar-refractivity contribution is -0.0000176. The van der Waals surface area contributed by atoms with Gasteiger partial charge in [-0.2, -0.15) is 4.31 Å². The summed E-state index contributed by atoms with van der Waals surface area (Å²) in [4.78, 5) is 22.6. The molecule has 1 saturated heterocycles. The summed E-state index contributed by atoms with van der Waals surface area (Å²) >= 11 is 1.52. The molecular weight excluding hydrogens is 528 g/mol. The molecule has 0 radical (unpaired) electrons. The Balaban J connectivity index is 0.00000380. The molecule has 0 atom stereocenters. The van der Waals surface area contributed by atoms with Crippen LogP contribution in [-0.2, 0) is 10.0 Å². The Hall–Kier alpha value is -2.04. The minimum absolute atomic E-state index is 0. The number of aromatic nitrogens is 1. The zero-order valence-electron chi connectivity index (χ0n) is 22.0. The molecule has 2 aromatic carbocycles. The molecule has 10 heteroatoms. The number of thiazole rings is 1. The van der Waals surface area contributed by atoms with Crippen LogP contribution in [0.5, 0.6) is 0 Å². The largest absolute Gasteiger partial charge is 1.00 e. The minimum atomic E-state index is -3.56. The van der Waals surface area contributed by atoms with E-state index < -0.39 is 10.0 Å². The number of carbonyl (C=O) groups excluding carboxylic acids is 1. The molecule has 1 aliphatic heterocycles. The number of sulfonamides is 1. The summed E-state index contributed by atoms with van der Waals surface area (Å²) in [5, 5.41) is 0.670. The number of rotatable bonds is 8. The highest BCUT2D eigenvalue weighted by molar-refractivity contribution is 7.89. The van der Waals surface area contributed by atoms with Crippen LogP contribution in [0, 0.1) is 13.8 Å². The number of amides is 1. The molecule has 7 nitrogen and oxygen atoms in total. The van der Waals surface area contributed by atoms with Gasteiger partial charge >= 0.3 is 0 Å². The van der Waals surface area contributed by atoms with Crippen molar-refractivity contribution < 1.29 is 25.6 Å². The summed E-state index contributed by atoms with van der Waals surface area (Å²) < 4.78 is 28.9. The second-order valence-electron chi connectivity index (χ2n) is 9.81. The SMILES string of the molecule is Cc1ccc2sc(N(CCCN(C)C)C(=O)c3ccc(S(=O)(=O)N4CCCCCC4)cc3)nc2c1C.[Cl-]. The van der Waals surface area contributed by atoms with Crippen LogP contribution in [0.4, 0.5) is 5.13 Å². The fourth-order valence-electron chi connectivity index (χ4n) is 4.52. The van der Waals surface area contributed by atoms with Gasteiger partial charge in [0.2, 0.25) is 10.0 Å². The quantitative estimate of drug-likeness (QED) is 0.419. The van der Waals surface area contributed by atoms with Crippen LogP contribution >= 0.6 is 11.3 Å². The second-order valence-corrected chi connectivity index (χ2v) is 12.8. The van der Waals surface area contributed by atoms with E-state index in [0.717, 1.165) is 54.4 Å². The maximum atomic E-state index is 13.7. The van der Waals surface area contributed by atoms with Gasteiger partial charge in [-0.25, -0.2) is 13.4 Å². The molecule has 202 valence electrons. The number of fused-ring (bicyclic) bond motifs is 1. The zero-order valence-corrected chi connectivity index (χ0v) is 24.4. The van der Waals surface area contributed by atoms with E-state index in [1.54, 1.807) is 33.5 Å². The summed E-state index contributed by atoms with van der Waals surface area (Å²) in [5.74, 6) is -0.166. The maximum Gasteiger partial charge on any atom is 0.260 e. The highest BCUT2D eigenvalue weighted by Crippen LogP contribution is 2.33. The molecule has 3 aromatic rings. The van der Waals surface area contributed by atoms with Crippen molar-refractivity contribution in [2.24, 2.45) is 0 Å². The Morgan fingerprint density at radius 3 is 2.24 bits per heavy atom. The molecule has 1 aromatic heterocycles. The Morgan fingerprint density at radius 2 is 1.62 bits per heavy atom. The lowest BCUT2D eigenvalue weighted by atomic mass is 10.1. The number of anilines is 1. The Morgan fingerprint density at radius 1 is 0.973 bits per heavy atom. The van der Waals surface area contributed by atoms with Crippen LogP contribution in [0.3, 0.4) is 0 Å². The summed E-state index contributed by atoms with van der Waals surface area (Å²) in [7, 11) is 0.469.